The molecule has 0 spiro atoms. The van der Waals surface area contributed by atoms with E-state index < -0.39 is 11.5 Å². The van der Waals surface area contributed by atoms with E-state index in [-0.39, 0.29) is 0 Å². The first-order valence-electron chi connectivity index (χ1n) is 6.21. The van der Waals surface area contributed by atoms with Crippen molar-refractivity contribution < 1.29 is 9.90 Å². The highest BCUT2D eigenvalue weighted by molar-refractivity contribution is 9.10. The van der Waals surface area contributed by atoms with Crippen LogP contribution in [-0.2, 0) is 11.2 Å². The average Bonchev–Trinajstić information content (AvgIpc) is 2.41. The quantitative estimate of drug-likeness (QED) is 0.329. The maximum Gasteiger partial charge on any atom is 0.323 e. The van der Waals surface area contributed by atoms with Crippen LogP contribution in [0, 0.1) is 0 Å². The van der Waals surface area contributed by atoms with Crippen molar-refractivity contribution in [2.75, 3.05) is 13.1 Å². The van der Waals surface area contributed by atoms with Crippen LogP contribution in [0.25, 0.3) is 10.4 Å². The molecule has 0 saturated heterocycles. The standard InChI is InChI=1S/C13H17BrN4O2/c1-13(12(19)20,16-7-2-8-17-18-15)9-10-3-5-11(14)6-4-10/h3-6,16H,2,7-9H2,1H3,(H,19,20). The summed E-state index contributed by atoms with van der Waals surface area (Å²) in [6.45, 7) is 2.50. The number of aliphatic carboxylic acids is 1. The summed E-state index contributed by atoms with van der Waals surface area (Å²) < 4.78 is 0.959. The number of halogens is 1. The van der Waals surface area contributed by atoms with E-state index in [0.717, 1.165) is 10.0 Å². The van der Waals surface area contributed by atoms with E-state index in [0.29, 0.717) is 25.9 Å². The van der Waals surface area contributed by atoms with E-state index in [2.05, 4.69) is 31.3 Å². The Morgan fingerprint density at radius 3 is 2.70 bits per heavy atom. The summed E-state index contributed by atoms with van der Waals surface area (Å²) in [5, 5.41) is 15.8. The molecule has 0 aliphatic carbocycles. The molecule has 6 nitrogen and oxygen atoms in total. The largest absolute Gasteiger partial charge is 0.480 e. The van der Waals surface area contributed by atoms with Gasteiger partial charge in [-0.25, -0.2) is 0 Å². The van der Waals surface area contributed by atoms with Gasteiger partial charge in [-0.3, -0.25) is 4.79 Å². The second-order valence-corrected chi connectivity index (χ2v) is 5.59. The highest BCUT2D eigenvalue weighted by Gasteiger charge is 2.32. The zero-order valence-corrected chi connectivity index (χ0v) is 12.8. The van der Waals surface area contributed by atoms with Gasteiger partial charge in [-0.1, -0.05) is 33.2 Å². The van der Waals surface area contributed by atoms with Gasteiger partial charge in [0.1, 0.15) is 5.54 Å². The molecular weight excluding hydrogens is 324 g/mol. The average molecular weight is 341 g/mol. The third-order valence-corrected chi connectivity index (χ3v) is 3.48. The van der Waals surface area contributed by atoms with Gasteiger partial charge in [0.05, 0.1) is 0 Å². The summed E-state index contributed by atoms with van der Waals surface area (Å²) in [5.41, 5.74) is 8.08. The summed E-state index contributed by atoms with van der Waals surface area (Å²) in [6, 6.07) is 7.57. The first-order valence-corrected chi connectivity index (χ1v) is 7.01. The van der Waals surface area contributed by atoms with Crippen LogP contribution in [0.5, 0.6) is 0 Å². The maximum atomic E-state index is 11.5. The fourth-order valence-corrected chi connectivity index (χ4v) is 2.05. The Morgan fingerprint density at radius 2 is 2.15 bits per heavy atom. The van der Waals surface area contributed by atoms with Crippen molar-refractivity contribution in [3.63, 3.8) is 0 Å². The second kappa shape index (κ2) is 7.89. The number of carboxylic acids is 1. The first kappa shape index (κ1) is 16.5. The Morgan fingerprint density at radius 1 is 1.50 bits per heavy atom. The molecule has 1 atom stereocenters. The van der Waals surface area contributed by atoms with Gasteiger partial charge in [0.15, 0.2) is 0 Å². The number of carboxylic acid groups (broad SMARTS) is 1. The molecule has 20 heavy (non-hydrogen) atoms. The van der Waals surface area contributed by atoms with Gasteiger partial charge < -0.3 is 10.4 Å². The van der Waals surface area contributed by atoms with Crippen LogP contribution in [-0.4, -0.2) is 29.7 Å². The highest BCUT2D eigenvalue weighted by Crippen LogP contribution is 2.17. The lowest BCUT2D eigenvalue weighted by Gasteiger charge is -2.26. The number of rotatable bonds is 8. The molecule has 1 aromatic carbocycles. The molecule has 0 radical (unpaired) electrons. The van der Waals surface area contributed by atoms with Crippen molar-refractivity contribution in [2.45, 2.75) is 25.3 Å². The molecule has 0 saturated carbocycles. The Kier molecular flexibility index (Phi) is 6.51. The summed E-state index contributed by atoms with van der Waals surface area (Å²) >= 11 is 3.35. The van der Waals surface area contributed by atoms with Gasteiger partial charge in [-0.15, -0.1) is 0 Å². The summed E-state index contributed by atoms with van der Waals surface area (Å²) in [5.74, 6) is -0.899. The molecule has 0 bridgehead atoms. The molecule has 108 valence electrons. The SMILES string of the molecule is CC(Cc1ccc(Br)cc1)(NCCCN=[N+]=[N-])C(=O)O. The monoisotopic (exact) mass is 340 g/mol. The van der Waals surface area contributed by atoms with E-state index in [9.17, 15) is 9.90 Å². The number of hydrogen-bond acceptors (Lipinski definition) is 3. The van der Waals surface area contributed by atoms with Gasteiger partial charge in [-0.2, -0.15) is 0 Å². The molecule has 0 aromatic heterocycles. The number of nitrogens with one attached hydrogen (secondary N) is 1. The van der Waals surface area contributed by atoms with Gasteiger partial charge in [0.2, 0.25) is 0 Å². The summed E-state index contributed by atoms with van der Waals surface area (Å²) in [7, 11) is 0. The van der Waals surface area contributed by atoms with E-state index in [1.165, 1.54) is 0 Å². The van der Waals surface area contributed by atoms with Crippen molar-refractivity contribution >= 4 is 21.9 Å². The molecule has 1 unspecified atom stereocenters. The molecule has 0 heterocycles. The molecule has 2 N–H and O–H groups in total. The topological polar surface area (TPSA) is 98.1 Å². The van der Waals surface area contributed by atoms with Crippen LogP contribution in [0.2, 0.25) is 0 Å². The molecule has 0 amide bonds. The minimum absolute atomic E-state index is 0.359. The zero-order valence-electron chi connectivity index (χ0n) is 11.2. The second-order valence-electron chi connectivity index (χ2n) is 4.68. The molecule has 0 aliphatic rings. The van der Waals surface area contributed by atoms with Gasteiger partial charge in [-0.05, 0) is 43.1 Å². The third-order valence-electron chi connectivity index (χ3n) is 2.96. The lowest BCUT2D eigenvalue weighted by molar-refractivity contribution is -0.144. The van der Waals surface area contributed by atoms with Crippen LogP contribution in [0.4, 0.5) is 0 Å². The Balaban J connectivity index is 2.63. The predicted octanol–water partition coefficient (Wildman–Crippen LogP) is 3.12. The lowest BCUT2D eigenvalue weighted by atomic mass is 9.92. The molecule has 1 rings (SSSR count). The maximum absolute atomic E-state index is 11.5. The van der Waals surface area contributed by atoms with Crippen LogP contribution >= 0.6 is 15.9 Å². The van der Waals surface area contributed by atoms with Gasteiger partial charge in [0.25, 0.3) is 0 Å². The minimum atomic E-state index is -1.04. The van der Waals surface area contributed by atoms with Crippen molar-refractivity contribution in [1.82, 2.24) is 5.32 Å². The lowest BCUT2D eigenvalue weighted by Crippen LogP contribution is -2.51. The zero-order chi connectivity index (χ0) is 15.0. The van der Waals surface area contributed by atoms with Crippen molar-refractivity contribution in [2.24, 2.45) is 5.11 Å². The number of nitrogens with zero attached hydrogens (tertiary/aromatic N) is 3. The van der Waals surface area contributed by atoms with Crippen molar-refractivity contribution in [1.29, 1.82) is 0 Å². The van der Waals surface area contributed by atoms with Crippen molar-refractivity contribution in [3.8, 4) is 0 Å². The van der Waals surface area contributed by atoms with Crippen LogP contribution < -0.4 is 5.32 Å². The molecule has 1 aromatic rings. The summed E-state index contributed by atoms with van der Waals surface area (Å²) in [6.07, 6.45) is 0.990. The fourth-order valence-electron chi connectivity index (χ4n) is 1.78. The van der Waals surface area contributed by atoms with Crippen LogP contribution in [0.1, 0.15) is 18.9 Å². The summed E-state index contributed by atoms with van der Waals surface area (Å²) in [4.78, 5) is 14.1. The molecule has 0 fully saturated rings. The molecule has 7 heteroatoms. The Labute approximate surface area is 125 Å². The van der Waals surface area contributed by atoms with E-state index in [1.807, 2.05) is 24.3 Å². The number of benzene rings is 1. The Hall–Kier alpha value is -1.56. The number of hydrogen-bond donors (Lipinski definition) is 2. The van der Waals surface area contributed by atoms with E-state index >= 15 is 0 Å². The highest BCUT2D eigenvalue weighted by atomic mass is 79.9. The number of azide groups is 1. The number of carbonyl (C=O) groups is 1. The van der Waals surface area contributed by atoms with Gasteiger partial charge >= 0.3 is 5.97 Å². The third kappa shape index (κ3) is 5.21. The molecule has 0 aliphatic heterocycles. The van der Waals surface area contributed by atoms with Crippen LogP contribution in [0.3, 0.4) is 0 Å². The smallest absolute Gasteiger partial charge is 0.323 e. The normalized spacial score (nSPS) is 13.3. The van der Waals surface area contributed by atoms with E-state index in [4.69, 9.17) is 5.53 Å². The van der Waals surface area contributed by atoms with Crippen LogP contribution in [0.15, 0.2) is 33.9 Å². The molecular formula is C13H17BrN4O2. The van der Waals surface area contributed by atoms with Crippen molar-refractivity contribution in [3.05, 3.63) is 44.7 Å². The fraction of sp³-hybridized carbons (Fsp3) is 0.462. The van der Waals surface area contributed by atoms with E-state index in [1.54, 1.807) is 6.92 Å². The first-order chi connectivity index (χ1) is 9.48. The minimum Gasteiger partial charge on any atom is -0.480 e. The predicted molar refractivity (Wildman–Crippen MR) is 80.5 cm³/mol. The van der Waals surface area contributed by atoms with Gasteiger partial charge in [0, 0.05) is 22.4 Å². The Bertz CT molecular complexity index is 500.